The van der Waals surface area contributed by atoms with Crippen LogP contribution in [0.4, 0.5) is 11.4 Å². The summed E-state index contributed by atoms with van der Waals surface area (Å²) >= 11 is 0. The van der Waals surface area contributed by atoms with Crippen molar-refractivity contribution in [1.82, 2.24) is 4.90 Å². The molecule has 0 saturated heterocycles. The van der Waals surface area contributed by atoms with Gasteiger partial charge in [0.1, 0.15) is 11.8 Å². The molecule has 0 radical (unpaired) electrons. The van der Waals surface area contributed by atoms with Gasteiger partial charge >= 0.3 is 0 Å². The molecule has 0 spiro atoms. The lowest BCUT2D eigenvalue weighted by Gasteiger charge is -2.25. The number of benzene rings is 3. The molecule has 9 nitrogen and oxygen atoms in total. The Balaban J connectivity index is 1.67. The minimum absolute atomic E-state index is 0.0192. The number of hydrogen-bond donors (Lipinski definition) is 2. The fourth-order valence-electron chi connectivity index (χ4n) is 3.54. The summed E-state index contributed by atoms with van der Waals surface area (Å²) in [5.41, 5.74) is 1.22. The molecule has 1 unspecified atom stereocenters. The summed E-state index contributed by atoms with van der Waals surface area (Å²) < 4.78 is 0. The number of aromatic hydroxyl groups is 1. The van der Waals surface area contributed by atoms with Crippen LogP contribution in [0, 0.1) is 10.1 Å². The number of nitrogens with one attached hydrogen (secondary N) is 1. The van der Waals surface area contributed by atoms with Gasteiger partial charge in [-0.25, -0.2) is 0 Å². The third kappa shape index (κ3) is 3.91. The molecule has 3 amide bonds. The zero-order valence-corrected chi connectivity index (χ0v) is 16.6. The van der Waals surface area contributed by atoms with E-state index in [-0.39, 0.29) is 29.0 Å². The molecule has 0 bridgehead atoms. The van der Waals surface area contributed by atoms with Crippen LogP contribution in [-0.2, 0) is 11.2 Å². The van der Waals surface area contributed by atoms with E-state index >= 15 is 0 Å². The van der Waals surface area contributed by atoms with Crippen molar-refractivity contribution in [2.24, 2.45) is 0 Å². The highest BCUT2D eigenvalue weighted by Gasteiger charge is 2.42. The molecule has 3 aromatic rings. The molecule has 1 heterocycles. The van der Waals surface area contributed by atoms with Crippen LogP contribution in [0.1, 0.15) is 26.3 Å². The van der Waals surface area contributed by atoms with Gasteiger partial charge in [-0.15, -0.1) is 0 Å². The van der Waals surface area contributed by atoms with Crippen LogP contribution in [0.5, 0.6) is 5.75 Å². The number of nitro groups is 1. The molecular weight excluding hydrogens is 414 g/mol. The van der Waals surface area contributed by atoms with E-state index in [0.29, 0.717) is 11.3 Å². The summed E-state index contributed by atoms with van der Waals surface area (Å²) in [5, 5.41) is 23.0. The zero-order chi connectivity index (χ0) is 22.8. The summed E-state index contributed by atoms with van der Waals surface area (Å²) in [6.45, 7) is 0. The maximum Gasteiger partial charge on any atom is 0.269 e. The van der Waals surface area contributed by atoms with Crippen molar-refractivity contribution in [2.75, 3.05) is 5.32 Å². The lowest BCUT2D eigenvalue weighted by Crippen LogP contribution is -2.48. The maximum absolute atomic E-state index is 13.2. The second-order valence-electron chi connectivity index (χ2n) is 7.21. The maximum atomic E-state index is 13.2. The smallest absolute Gasteiger partial charge is 0.269 e. The number of amides is 3. The van der Waals surface area contributed by atoms with Gasteiger partial charge < -0.3 is 10.4 Å². The molecule has 1 aliphatic heterocycles. The van der Waals surface area contributed by atoms with Gasteiger partial charge in [0, 0.05) is 24.2 Å². The quantitative estimate of drug-likeness (QED) is 0.267. The van der Waals surface area contributed by atoms with Gasteiger partial charge in [0.15, 0.2) is 0 Å². The van der Waals surface area contributed by atoms with Gasteiger partial charge in [-0.2, -0.15) is 0 Å². The van der Waals surface area contributed by atoms with Crippen molar-refractivity contribution in [2.45, 2.75) is 12.5 Å². The molecule has 1 atom stereocenters. The average Bonchev–Trinajstić information content (AvgIpc) is 3.04. The topological polar surface area (TPSA) is 130 Å². The van der Waals surface area contributed by atoms with Crippen LogP contribution in [0.25, 0.3) is 0 Å². The molecule has 1 aliphatic rings. The number of non-ortho nitro benzene ring substituents is 1. The number of nitrogens with zero attached hydrogens (tertiary/aromatic N) is 2. The minimum Gasteiger partial charge on any atom is -0.508 e. The Morgan fingerprint density at radius 2 is 1.50 bits per heavy atom. The Morgan fingerprint density at radius 1 is 0.938 bits per heavy atom. The van der Waals surface area contributed by atoms with E-state index in [1.807, 2.05) is 0 Å². The monoisotopic (exact) mass is 431 g/mol. The first kappa shape index (κ1) is 20.7. The largest absolute Gasteiger partial charge is 0.508 e. The Morgan fingerprint density at radius 3 is 2.03 bits per heavy atom. The van der Waals surface area contributed by atoms with Crippen LogP contribution in [-0.4, -0.2) is 38.7 Å². The van der Waals surface area contributed by atoms with Gasteiger partial charge in [-0.3, -0.25) is 29.4 Å². The van der Waals surface area contributed by atoms with E-state index in [1.54, 1.807) is 12.1 Å². The Hall–Kier alpha value is -4.53. The van der Waals surface area contributed by atoms with Crippen LogP contribution in [0.3, 0.4) is 0 Å². The number of phenols is 1. The van der Waals surface area contributed by atoms with Gasteiger partial charge in [0.2, 0.25) is 5.91 Å². The van der Waals surface area contributed by atoms with Crippen LogP contribution in [0.2, 0.25) is 0 Å². The Labute approximate surface area is 182 Å². The Bertz CT molecular complexity index is 1190. The molecular formula is C23H17N3O6. The SMILES string of the molecule is O=C(Nc1ccc(O)cc1)C(Cc1ccc([N+](=O)[O-])cc1)N1C(=O)c2ccccc2C1=O. The molecule has 9 heteroatoms. The van der Waals surface area contributed by atoms with E-state index in [0.717, 1.165) is 4.90 Å². The number of nitro benzene ring substituents is 1. The second-order valence-corrected chi connectivity index (χ2v) is 7.21. The number of carbonyl (C=O) groups excluding carboxylic acids is 3. The predicted molar refractivity (Wildman–Crippen MR) is 114 cm³/mol. The van der Waals surface area contributed by atoms with Crippen LogP contribution in [0.15, 0.2) is 72.8 Å². The minimum atomic E-state index is -1.20. The van der Waals surface area contributed by atoms with Gasteiger partial charge in [0.05, 0.1) is 16.1 Å². The van der Waals surface area contributed by atoms with Crippen molar-refractivity contribution in [3.8, 4) is 5.75 Å². The number of anilines is 1. The molecule has 4 rings (SSSR count). The lowest BCUT2D eigenvalue weighted by molar-refractivity contribution is -0.384. The van der Waals surface area contributed by atoms with Crippen molar-refractivity contribution >= 4 is 29.1 Å². The molecule has 2 N–H and O–H groups in total. The third-order valence-electron chi connectivity index (χ3n) is 5.15. The fraction of sp³-hybridized carbons (Fsp3) is 0.0870. The first-order chi connectivity index (χ1) is 15.3. The molecule has 3 aromatic carbocycles. The molecule has 0 saturated carbocycles. The molecule has 0 fully saturated rings. The number of phenolic OH excluding ortho intramolecular Hbond substituents is 1. The summed E-state index contributed by atoms with van der Waals surface area (Å²) in [7, 11) is 0. The summed E-state index contributed by atoms with van der Waals surface area (Å²) in [6, 6.07) is 16.4. The number of carbonyl (C=O) groups is 3. The summed E-state index contributed by atoms with van der Waals surface area (Å²) in [6.07, 6.45) is -0.0343. The number of rotatable bonds is 6. The summed E-state index contributed by atoms with van der Waals surface area (Å²) in [5.74, 6) is -1.76. The lowest BCUT2D eigenvalue weighted by atomic mass is 10.0. The standard InChI is InChI=1S/C23H17N3O6/c27-17-11-7-15(8-12-17)24-21(28)20(13-14-5-9-16(10-6-14)26(31)32)25-22(29)18-3-1-2-4-19(18)23(25)30/h1-12,20,27H,13H2,(H,24,28). The molecule has 0 aliphatic carbocycles. The number of fused-ring (bicyclic) bond motifs is 1. The first-order valence-electron chi connectivity index (χ1n) is 9.65. The highest BCUT2D eigenvalue weighted by Crippen LogP contribution is 2.27. The molecule has 32 heavy (non-hydrogen) atoms. The normalized spacial score (nSPS) is 13.6. The van der Waals surface area contributed by atoms with Crippen molar-refractivity contribution in [3.63, 3.8) is 0 Å². The third-order valence-corrected chi connectivity index (χ3v) is 5.15. The van der Waals surface area contributed by atoms with Crippen LogP contribution < -0.4 is 5.32 Å². The second kappa shape index (κ2) is 8.31. The van der Waals surface area contributed by atoms with Crippen molar-refractivity contribution in [3.05, 3.63) is 99.6 Å². The highest BCUT2D eigenvalue weighted by atomic mass is 16.6. The first-order valence-corrected chi connectivity index (χ1v) is 9.65. The van der Waals surface area contributed by atoms with E-state index in [1.165, 1.54) is 60.7 Å². The molecule has 0 aromatic heterocycles. The van der Waals surface area contributed by atoms with Gasteiger partial charge in [-0.05, 0) is 42.0 Å². The van der Waals surface area contributed by atoms with Crippen molar-refractivity contribution in [1.29, 1.82) is 0 Å². The van der Waals surface area contributed by atoms with E-state index < -0.39 is 28.7 Å². The zero-order valence-electron chi connectivity index (χ0n) is 16.6. The summed E-state index contributed by atoms with van der Waals surface area (Å²) in [4.78, 5) is 50.4. The number of hydrogen-bond acceptors (Lipinski definition) is 6. The fourth-order valence-corrected chi connectivity index (χ4v) is 3.54. The van der Waals surface area contributed by atoms with Gasteiger partial charge in [-0.1, -0.05) is 24.3 Å². The Kier molecular flexibility index (Phi) is 5.38. The average molecular weight is 431 g/mol. The van der Waals surface area contributed by atoms with E-state index in [9.17, 15) is 29.6 Å². The van der Waals surface area contributed by atoms with E-state index in [2.05, 4.69) is 5.32 Å². The van der Waals surface area contributed by atoms with Crippen LogP contribution >= 0.6 is 0 Å². The predicted octanol–water partition coefficient (Wildman–Crippen LogP) is 3.15. The number of imide groups is 1. The van der Waals surface area contributed by atoms with Gasteiger partial charge in [0.25, 0.3) is 17.5 Å². The van der Waals surface area contributed by atoms with Crippen molar-refractivity contribution < 1.29 is 24.4 Å². The highest BCUT2D eigenvalue weighted by molar-refractivity contribution is 6.23. The molecule has 160 valence electrons. The van der Waals surface area contributed by atoms with E-state index in [4.69, 9.17) is 0 Å².